The third-order valence-electron chi connectivity index (χ3n) is 5.28. The fraction of sp³-hybridized carbons (Fsp3) is 0.810. The lowest BCUT2D eigenvalue weighted by Crippen LogP contribution is -2.59. The standard InChI is InChI=1S/C21H40N4O5S2/c1-7-13(4)16(22)19(27)25-17(12(2)3)20(28)23-14(8-10-31-5)18(26)24-15(21(29)30)9-11-32-6/h12-17H,7-11,22H2,1-6H3,(H,23,28)(H,24,26)(H,25,27)(H,29,30). The third-order valence-corrected chi connectivity index (χ3v) is 6.56. The second-order valence-corrected chi connectivity index (χ2v) is 10.1. The van der Waals surface area contributed by atoms with Gasteiger partial charge in [-0.1, -0.05) is 34.1 Å². The van der Waals surface area contributed by atoms with Gasteiger partial charge in [0.15, 0.2) is 0 Å². The summed E-state index contributed by atoms with van der Waals surface area (Å²) in [6.45, 7) is 7.38. The van der Waals surface area contributed by atoms with Crippen molar-refractivity contribution in [2.75, 3.05) is 24.0 Å². The highest BCUT2D eigenvalue weighted by Gasteiger charge is 2.32. The van der Waals surface area contributed by atoms with E-state index in [4.69, 9.17) is 5.73 Å². The molecule has 0 aliphatic rings. The Hall–Kier alpha value is -1.46. The molecule has 0 aliphatic carbocycles. The van der Waals surface area contributed by atoms with E-state index >= 15 is 0 Å². The van der Waals surface area contributed by atoms with Gasteiger partial charge in [-0.15, -0.1) is 0 Å². The smallest absolute Gasteiger partial charge is 0.326 e. The number of hydrogen-bond donors (Lipinski definition) is 5. The number of carboxylic acid groups (broad SMARTS) is 1. The van der Waals surface area contributed by atoms with E-state index in [1.165, 1.54) is 23.5 Å². The van der Waals surface area contributed by atoms with Crippen LogP contribution in [0.4, 0.5) is 0 Å². The van der Waals surface area contributed by atoms with Crippen molar-refractivity contribution in [1.29, 1.82) is 0 Å². The van der Waals surface area contributed by atoms with Crippen molar-refractivity contribution in [2.24, 2.45) is 17.6 Å². The van der Waals surface area contributed by atoms with Gasteiger partial charge in [0.05, 0.1) is 6.04 Å². The lowest BCUT2D eigenvalue weighted by molar-refractivity contribution is -0.142. The van der Waals surface area contributed by atoms with E-state index in [2.05, 4.69) is 16.0 Å². The van der Waals surface area contributed by atoms with Crippen molar-refractivity contribution in [3.05, 3.63) is 0 Å². The summed E-state index contributed by atoms with van der Waals surface area (Å²) >= 11 is 3.00. The van der Waals surface area contributed by atoms with Gasteiger partial charge in [0.2, 0.25) is 17.7 Å². The molecule has 0 aliphatic heterocycles. The summed E-state index contributed by atoms with van der Waals surface area (Å²) in [6.07, 6.45) is 5.08. The highest BCUT2D eigenvalue weighted by atomic mass is 32.2. The quantitative estimate of drug-likeness (QED) is 0.215. The van der Waals surface area contributed by atoms with E-state index in [0.717, 1.165) is 6.42 Å². The fourth-order valence-corrected chi connectivity index (χ4v) is 3.77. The molecule has 0 heterocycles. The zero-order valence-electron chi connectivity index (χ0n) is 20.0. The molecule has 0 fully saturated rings. The van der Waals surface area contributed by atoms with Crippen molar-refractivity contribution < 1.29 is 24.3 Å². The average molecular weight is 493 g/mol. The maximum absolute atomic E-state index is 13.0. The zero-order chi connectivity index (χ0) is 24.8. The minimum atomic E-state index is -1.12. The van der Waals surface area contributed by atoms with E-state index < -0.39 is 47.9 Å². The van der Waals surface area contributed by atoms with Crippen molar-refractivity contribution in [3.8, 4) is 0 Å². The highest BCUT2D eigenvalue weighted by molar-refractivity contribution is 7.98. The molecule has 0 bridgehead atoms. The summed E-state index contributed by atoms with van der Waals surface area (Å²) in [5.41, 5.74) is 5.99. The normalized spacial score (nSPS) is 15.9. The second kappa shape index (κ2) is 16.2. The van der Waals surface area contributed by atoms with Crippen LogP contribution in [0.25, 0.3) is 0 Å². The summed E-state index contributed by atoms with van der Waals surface area (Å²) in [6, 6.07) is -3.54. The van der Waals surface area contributed by atoms with E-state index in [1.54, 1.807) is 13.8 Å². The number of amides is 3. The number of carbonyl (C=O) groups excluding carboxylic acids is 3. The van der Waals surface area contributed by atoms with E-state index in [9.17, 15) is 24.3 Å². The molecule has 3 amide bonds. The van der Waals surface area contributed by atoms with Gasteiger partial charge in [-0.25, -0.2) is 4.79 Å². The first-order valence-corrected chi connectivity index (χ1v) is 13.7. The monoisotopic (exact) mass is 492 g/mol. The van der Waals surface area contributed by atoms with Gasteiger partial charge in [-0.3, -0.25) is 14.4 Å². The van der Waals surface area contributed by atoms with Crippen LogP contribution in [0.15, 0.2) is 0 Å². The summed E-state index contributed by atoms with van der Waals surface area (Å²) in [7, 11) is 0. The second-order valence-electron chi connectivity index (χ2n) is 8.17. The molecule has 11 heteroatoms. The first-order chi connectivity index (χ1) is 15.0. The molecule has 0 saturated carbocycles. The third kappa shape index (κ3) is 10.9. The molecule has 0 saturated heterocycles. The Bertz CT molecular complexity index is 621. The molecule has 9 nitrogen and oxygen atoms in total. The molecule has 5 unspecified atom stereocenters. The molecule has 6 N–H and O–H groups in total. The Morgan fingerprint density at radius 3 is 1.78 bits per heavy atom. The number of nitrogens with two attached hydrogens (primary N) is 1. The van der Waals surface area contributed by atoms with E-state index in [0.29, 0.717) is 17.9 Å². The van der Waals surface area contributed by atoms with Crippen LogP contribution in [-0.2, 0) is 19.2 Å². The van der Waals surface area contributed by atoms with Crippen LogP contribution in [0.2, 0.25) is 0 Å². The minimum Gasteiger partial charge on any atom is -0.480 e. The van der Waals surface area contributed by atoms with Crippen molar-refractivity contribution in [3.63, 3.8) is 0 Å². The van der Waals surface area contributed by atoms with Crippen LogP contribution >= 0.6 is 23.5 Å². The molecule has 0 radical (unpaired) electrons. The fourth-order valence-electron chi connectivity index (χ4n) is 2.83. The maximum atomic E-state index is 13.0. The molecule has 0 spiro atoms. The number of nitrogens with one attached hydrogen (secondary N) is 3. The number of carbonyl (C=O) groups is 4. The molecule has 186 valence electrons. The Balaban J connectivity index is 5.37. The molecule has 0 aromatic heterocycles. The molecule has 32 heavy (non-hydrogen) atoms. The number of hydrogen-bond acceptors (Lipinski definition) is 7. The van der Waals surface area contributed by atoms with Gasteiger partial charge < -0.3 is 26.8 Å². The zero-order valence-corrected chi connectivity index (χ0v) is 21.6. The van der Waals surface area contributed by atoms with Gasteiger partial charge in [-0.2, -0.15) is 23.5 Å². The summed E-state index contributed by atoms with van der Waals surface area (Å²) in [5, 5.41) is 17.3. The largest absolute Gasteiger partial charge is 0.480 e. The van der Waals surface area contributed by atoms with Gasteiger partial charge >= 0.3 is 5.97 Å². The van der Waals surface area contributed by atoms with Gasteiger partial charge in [0.25, 0.3) is 0 Å². The SMILES string of the molecule is CCC(C)C(N)C(=O)NC(C(=O)NC(CCSC)C(=O)NC(CCSC)C(=O)O)C(C)C. The first-order valence-electron chi connectivity index (χ1n) is 10.9. The average Bonchev–Trinajstić information content (AvgIpc) is 2.75. The molecular weight excluding hydrogens is 452 g/mol. The van der Waals surface area contributed by atoms with Crippen molar-refractivity contribution >= 4 is 47.2 Å². The summed E-state index contributed by atoms with van der Waals surface area (Å²) in [5.74, 6) is -1.68. The van der Waals surface area contributed by atoms with E-state index in [-0.39, 0.29) is 18.3 Å². The number of aliphatic carboxylic acids is 1. The number of carboxylic acids is 1. The van der Waals surface area contributed by atoms with Crippen LogP contribution in [0.1, 0.15) is 47.0 Å². The summed E-state index contributed by atoms with van der Waals surface area (Å²) < 4.78 is 0. The highest BCUT2D eigenvalue weighted by Crippen LogP contribution is 2.10. The Morgan fingerprint density at radius 2 is 1.34 bits per heavy atom. The number of thioether (sulfide) groups is 2. The molecule has 0 aromatic carbocycles. The Kier molecular flexibility index (Phi) is 15.5. The topological polar surface area (TPSA) is 151 Å². The van der Waals surface area contributed by atoms with E-state index in [1.807, 2.05) is 26.4 Å². The van der Waals surface area contributed by atoms with Crippen molar-refractivity contribution in [2.45, 2.75) is 71.1 Å². The Labute approximate surface area is 200 Å². The van der Waals surface area contributed by atoms with Gasteiger partial charge in [0.1, 0.15) is 18.1 Å². The molecule has 0 rings (SSSR count). The van der Waals surface area contributed by atoms with Crippen molar-refractivity contribution in [1.82, 2.24) is 16.0 Å². The van der Waals surface area contributed by atoms with Crippen LogP contribution in [-0.4, -0.2) is 77.0 Å². The van der Waals surface area contributed by atoms with Crippen LogP contribution < -0.4 is 21.7 Å². The predicted octanol–water partition coefficient (Wildman–Crippen LogP) is 1.06. The van der Waals surface area contributed by atoms with Gasteiger partial charge in [-0.05, 0) is 48.7 Å². The maximum Gasteiger partial charge on any atom is 0.326 e. The minimum absolute atomic E-state index is 0.0415. The lowest BCUT2D eigenvalue weighted by Gasteiger charge is -2.27. The first kappa shape index (κ1) is 30.5. The molecule has 0 aromatic rings. The number of rotatable bonds is 16. The lowest BCUT2D eigenvalue weighted by atomic mass is 9.97. The van der Waals surface area contributed by atoms with Crippen LogP contribution in [0.5, 0.6) is 0 Å². The van der Waals surface area contributed by atoms with Gasteiger partial charge in [0, 0.05) is 0 Å². The predicted molar refractivity (Wildman–Crippen MR) is 132 cm³/mol. The Morgan fingerprint density at radius 1 is 0.844 bits per heavy atom. The van der Waals surface area contributed by atoms with Crippen LogP contribution in [0.3, 0.4) is 0 Å². The molecule has 5 atom stereocenters. The van der Waals surface area contributed by atoms with Crippen LogP contribution in [0, 0.1) is 11.8 Å². The molecular formula is C21H40N4O5S2. The summed E-state index contributed by atoms with van der Waals surface area (Å²) in [4.78, 5) is 49.8.